The van der Waals surface area contributed by atoms with Crippen LogP contribution in [0, 0.1) is 25.7 Å². The molecule has 0 bridgehead atoms. The standard InChI is InChI=1S/C18H28N2O/c1-12-4-6-20(7-5-12)10-15-11-21-16-9-13(2)8-14(3)17(16)18(15)19/h8-9,12,15,18H,4-7,10-11,19H2,1-3H3. The van der Waals surface area contributed by atoms with Gasteiger partial charge in [0.25, 0.3) is 0 Å². The Morgan fingerprint density at radius 2 is 1.95 bits per heavy atom. The number of fused-ring (bicyclic) bond motifs is 1. The van der Waals surface area contributed by atoms with E-state index < -0.39 is 0 Å². The van der Waals surface area contributed by atoms with Crippen molar-refractivity contribution in [2.45, 2.75) is 39.7 Å². The number of hydrogen-bond donors (Lipinski definition) is 1. The number of benzene rings is 1. The molecule has 1 aromatic carbocycles. The zero-order chi connectivity index (χ0) is 15.0. The number of aryl methyl sites for hydroxylation is 2. The van der Waals surface area contributed by atoms with Crippen LogP contribution in [0.4, 0.5) is 0 Å². The Morgan fingerprint density at radius 3 is 2.67 bits per heavy atom. The molecule has 1 aromatic rings. The third kappa shape index (κ3) is 3.09. The molecular weight excluding hydrogens is 260 g/mol. The summed E-state index contributed by atoms with van der Waals surface area (Å²) < 4.78 is 6.02. The quantitative estimate of drug-likeness (QED) is 0.909. The summed E-state index contributed by atoms with van der Waals surface area (Å²) in [4.78, 5) is 2.57. The van der Waals surface area contributed by atoms with Crippen LogP contribution in [-0.2, 0) is 0 Å². The van der Waals surface area contributed by atoms with Gasteiger partial charge in [0.15, 0.2) is 0 Å². The Morgan fingerprint density at radius 1 is 1.24 bits per heavy atom. The van der Waals surface area contributed by atoms with Gasteiger partial charge < -0.3 is 15.4 Å². The molecule has 0 amide bonds. The fourth-order valence-corrected chi connectivity index (χ4v) is 3.77. The van der Waals surface area contributed by atoms with Crippen LogP contribution in [0.1, 0.15) is 42.5 Å². The van der Waals surface area contributed by atoms with Gasteiger partial charge in [0.05, 0.1) is 6.61 Å². The Balaban J connectivity index is 1.72. The highest BCUT2D eigenvalue weighted by atomic mass is 16.5. The smallest absolute Gasteiger partial charge is 0.124 e. The highest BCUT2D eigenvalue weighted by Crippen LogP contribution is 2.37. The molecule has 2 aliphatic rings. The van der Waals surface area contributed by atoms with Gasteiger partial charge in [-0.1, -0.05) is 13.0 Å². The SMILES string of the molecule is Cc1cc(C)c2c(c1)OCC(CN1CCC(C)CC1)C2N. The van der Waals surface area contributed by atoms with Crippen molar-refractivity contribution in [2.24, 2.45) is 17.6 Å². The Hall–Kier alpha value is -1.06. The summed E-state index contributed by atoms with van der Waals surface area (Å²) in [5, 5.41) is 0. The maximum Gasteiger partial charge on any atom is 0.124 e. The first-order valence-electron chi connectivity index (χ1n) is 8.26. The predicted octanol–water partition coefficient (Wildman–Crippen LogP) is 3.04. The third-order valence-corrected chi connectivity index (χ3v) is 5.16. The summed E-state index contributed by atoms with van der Waals surface area (Å²) in [6.45, 7) is 10.9. The van der Waals surface area contributed by atoms with E-state index in [4.69, 9.17) is 10.5 Å². The number of hydrogen-bond acceptors (Lipinski definition) is 3. The molecule has 1 saturated heterocycles. The lowest BCUT2D eigenvalue weighted by Gasteiger charge is -2.38. The first-order valence-corrected chi connectivity index (χ1v) is 8.26. The number of ether oxygens (including phenoxy) is 1. The van der Waals surface area contributed by atoms with Crippen LogP contribution in [0.2, 0.25) is 0 Å². The van der Waals surface area contributed by atoms with Crippen molar-refractivity contribution in [1.82, 2.24) is 4.90 Å². The predicted molar refractivity (Wildman–Crippen MR) is 86.7 cm³/mol. The molecular formula is C18H28N2O. The maximum atomic E-state index is 6.58. The van der Waals surface area contributed by atoms with Crippen LogP contribution >= 0.6 is 0 Å². The van der Waals surface area contributed by atoms with Crippen molar-refractivity contribution < 1.29 is 4.74 Å². The first kappa shape index (κ1) is 14.9. The lowest BCUT2D eigenvalue weighted by atomic mass is 9.87. The van der Waals surface area contributed by atoms with E-state index in [-0.39, 0.29) is 6.04 Å². The van der Waals surface area contributed by atoms with Gasteiger partial charge in [0.2, 0.25) is 0 Å². The topological polar surface area (TPSA) is 38.5 Å². The van der Waals surface area contributed by atoms with Crippen LogP contribution in [0.5, 0.6) is 5.75 Å². The van der Waals surface area contributed by atoms with Crippen molar-refractivity contribution in [3.8, 4) is 5.75 Å². The molecule has 3 nitrogen and oxygen atoms in total. The van der Waals surface area contributed by atoms with E-state index in [0.29, 0.717) is 5.92 Å². The molecule has 0 saturated carbocycles. The first-order chi connectivity index (χ1) is 10.0. The average molecular weight is 288 g/mol. The zero-order valence-corrected chi connectivity index (χ0v) is 13.6. The highest BCUT2D eigenvalue weighted by Gasteiger charge is 2.31. The number of piperidine rings is 1. The van der Waals surface area contributed by atoms with E-state index in [0.717, 1.165) is 24.8 Å². The second kappa shape index (κ2) is 5.98. The normalized spacial score (nSPS) is 27.2. The summed E-state index contributed by atoms with van der Waals surface area (Å²) >= 11 is 0. The van der Waals surface area contributed by atoms with E-state index in [1.165, 1.54) is 42.6 Å². The van der Waals surface area contributed by atoms with E-state index in [1.807, 2.05) is 0 Å². The molecule has 116 valence electrons. The van der Waals surface area contributed by atoms with Crippen molar-refractivity contribution in [3.05, 3.63) is 28.8 Å². The van der Waals surface area contributed by atoms with Crippen LogP contribution in [0.25, 0.3) is 0 Å². The molecule has 2 heterocycles. The van der Waals surface area contributed by atoms with Gasteiger partial charge >= 0.3 is 0 Å². The van der Waals surface area contributed by atoms with Gasteiger partial charge in [-0.2, -0.15) is 0 Å². The fraction of sp³-hybridized carbons (Fsp3) is 0.667. The second-order valence-electron chi connectivity index (χ2n) is 7.07. The molecule has 0 radical (unpaired) electrons. The van der Waals surface area contributed by atoms with Crippen molar-refractivity contribution in [2.75, 3.05) is 26.2 Å². The summed E-state index contributed by atoms with van der Waals surface area (Å²) in [6.07, 6.45) is 2.63. The van der Waals surface area contributed by atoms with E-state index >= 15 is 0 Å². The minimum absolute atomic E-state index is 0.105. The summed E-state index contributed by atoms with van der Waals surface area (Å²) in [5.41, 5.74) is 10.3. The summed E-state index contributed by atoms with van der Waals surface area (Å²) in [6, 6.07) is 4.45. The summed E-state index contributed by atoms with van der Waals surface area (Å²) in [7, 11) is 0. The van der Waals surface area contributed by atoms with Crippen molar-refractivity contribution in [3.63, 3.8) is 0 Å². The molecule has 0 aliphatic carbocycles. The van der Waals surface area contributed by atoms with E-state index in [1.54, 1.807) is 0 Å². The second-order valence-corrected chi connectivity index (χ2v) is 7.07. The molecule has 3 heteroatoms. The number of nitrogens with two attached hydrogens (primary N) is 1. The van der Waals surface area contributed by atoms with E-state index in [9.17, 15) is 0 Å². The van der Waals surface area contributed by atoms with Crippen LogP contribution in [0.15, 0.2) is 12.1 Å². The van der Waals surface area contributed by atoms with Gasteiger partial charge in [0.1, 0.15) is 5.75 Å². The van der Waals surface area contributed by atoms with Gasteiger partial charge in [-0.15, -0.1) is 0 Å². The molecule has 0 spiro atoms. The Labute approximate surface area is 128 Å². The molecule has 2 atom stereocenters. The van der Waals surface area contributed by atoms with Crippen LogP contribution < -0.4 is 10.5 Å². The molecule has 2 aliphatic heterocycles. The van der Waals surface area contributed by atoms with Crippen molar-refractivity contribution in [1.29, 1.82) is 0 Å². The molecule has 2 N–H and O–H groups in total. The van der Waals surface area contributed by atoms with Gasteiger partial charge in [-0.05, 0) is 62.9 Å². The van der Waals surface area contributed by atoms with Gasteiger partial charge in [-0.3, -0.25) is 0 Å². The maximum absolute atomic E-state index is 6.58. The minimum atomic E-state index is 0.105. The molecule has 3 rings (SSSR count). The average Bonchev–Trinajstić information content (AvgIpc) is 2.43. The number of likely N-dealkylation sites (tertiary alicyclic amines) is 1. The number of nitrogens with zero attached hydrogens (tertiary/aromatic N) is 1. The lowest BCUT2D eigenvalue weighted by Crippen LogP contribution is -2.43. The largest absolute Gasteiger partial charge is 0.493 e. The molecule has 1 fully saturated rings. The Kier molecular flexibility index (Phi) is 4.23. The summed E-state index contributed by atoms with van der Waals surface area (Å²) in [5.74, 6) is 2.29. The molecule has 0 aromatic heterocycles. The monoisotopic (exact) mass is 288 g/mol. The minimum Gasteiger partial charge on any atom is -0.493 e. The highest BCUT2D eigenvalue weighted by molar-refractivity contribution is 5.46. The number of rotatable bonds is 2. The van der Waals surface area contributed by atoms with Crippen molar-refractivity contribution >= 4 is 0 Å². The molecule has 2 unspecified atom stereocenters. The van der Waals surface area contributed by atoms with Crippen LogP contribution in [0.3, 0.4) is 0 Å². The van der Waals surface area contributed by atoms with Gasteiger partial charge in [0, 0.05) is 24.1 Å². The molecule has 21 heavy (non-hydrogen) atoms. The zero-order valence-electron chi connectivity index (χ0n) is 13.6. The Bertz CT molecular complexity index is 506. The van der Waals surface area contributed by atoms with Gasteiger partial charge in [-0.25, -0.2) is 0 Å². The lowest BCUT2D eigenvalue weighted by molar-refractivity contribution is 0.114. The third-order valence-electron chi connectivity index (χ3n) is 5.16. The van der Waals surface area contributed by atoms with Crippen LogP contribution in [-0.4, -0.2) is 31.1 Å². The fourth-order valence-electron chi connectivity index (χ4n) is 3.77. The van der Waals surface area contributed by atoms with E-state index in [2.05, 4.69) is 37.8 Å².